The van der Waals surface area contributed by atoms with E-state index < -0.39 is 36.0 Å². The van der Waals surface area contributed by atoms with Crippen LogP contribution in [0.1, 0.15) is 48.7 Å². The van der Waals surface area contributed by atoms with Crippen molar-refractivity contribution < 1.29 is 23.9 Å². The molecule has 1 spiro atoms. The number of urea groups is 1. The first-order valence-corrected chi connectivity index (χ1v) is 10.4. The fourth-order valence-electron chi connectivity index (χ4n) is 3.92. The molecule has 2 aliphatic rings. The van der Waals surface area contributed by atoms with Crippen molar-refractivity contribution in [2.45, 2.75) is 44.7 Å². The van der Waals surface area contributed by atoms with Crippen molar-refractivity contribution in [1.82, 2.24) is 30.7 Å². The summed E-state index contributed by atoms with van der Waals surface area (Å²) >= 11 is 0. The first-order valence-electron chi connectivity index (χ1n) is 10.4. The normalized spacial score (nSPS) is 22.7. The predicted octanol–water partition coefficient (Wildman–Crippen LogP) is 1.02. The van der Waals surface area contributed by atoms with Crippen molar-refractivity contribution >= 4 is 23.8 Å². The number of nitrogens with one attached hydrogen (secondary N) is 2. The highest BCUT2D eigenvalue weighted by molar-refractivity contribution is 6.08. The largest absolute Gasteiger partial charge is 0.451 e. The van der Waals surface area contributed by atoms with Crippen molar-refractivity contribution in [1.29, 1.82) is 0 Å². The van der Waals surface area contributed by atoms with Gasteiger partial charge in [-0.05, 0) is 37.2 Å². The summed E-state index contributed by atoms with van der Waals surface area (Å²) in [7, 11) is 0. The number of aromatic nitrogens is 3. The molecule has 4 rings (SSSR count). The number of hydrogen-bond acceptors (Lipinski definition) is 7. The quantitative estimate of drug-likeness (QED) is 0.505. The zero-order valence-corrected chi connectivity index (χ0v) is 17.6. The van der Waals surface area contributed by atoms with Crippen LogP contribution in [0, 0.1) is 5.92 Å². The van der Waals surface area contributed by atoms with Gasteiger partial charge in [0, 0.05) is 0 Å². The van der Waals surface area contributed by atoms with Gasteiger partial charge in [0.1, 0.15) is 5.54 Å². The van der Waals surface area contributed by atoms with Gasteiger partial charge in [0.05, 0.1) is 12.7 Å². The summed E-state index contributed by atoms with van der Waals surface area (Å²) in [5, 5.41) is 11.0. The Morgan fingerprint density at radius 1 is 1.22 bits per heavy atom. The van der Waals surface area contributed by atoms with E-state index in [-0.39, 0.29) is 5.69 Å². The Bertz CT molecular complexity index is 1030. The molecule has 2 fully saturated rings. The molecule has 0 radical (unpaired) electrons. The highest BCUT2D eigenvalue weighted by Gasteiger charge is 2.52. The van der Waals surface area contributed by atoms with E-state index in [0.717, 1.165) is 18.4 Å². The van der Waals surface area contributed by atoms with Crippen LogP contribution in [0.25, 0.3) is 0 Å². The Morgan fingerprint density at radius 3 is 2.66 bits per heavy atom. The highest BCUT2D eigenvalue weighted by atomic mass is 16.5. The summed E-state index contributed by atoms with van der Waals surface area (Å²) in [6.45, 7) is 1.85. The molecule has 2 aromatic rings. The summed E-state index contributed by atoms with van der Waals surface area (Å²) in [6, 6.07) is 8.82. The molecule has 168 valence electrons. The number of amides is 4. The Morgan fingerprint density at radius 2 is 1.94 bits per heavy atom. The monoisotopic (exact) mass is 440 g/mol. The van der Waals surface area contributed by atoms with E-state index >= 15 is 0 Å². The summed E-state index contributed by atoms with van der Waals surface area (Å²) in [5.74, 6) is -1.65. The van der Waals surface area contributed by atoms with Gasteiger partial charge in [-0.15, -0.1) is 5.10 Å². The number of carbonyl (C=O) groups excluding carboxylic acids is 4. The van der Waals surface area contributed by atoms with E-state index in [2.05, 4.69) is 28.0 Å². The van der Waals surface area contributed by atoms with Gasteiger partial charge in [-0.3, -0.25) is 15.0 Å². The fraction of sp³-hybridized carbons (Fsp3) is 0.429. The second-order valence-electron chi connectivity index (χ2n) is 8.23. The first kappa shape index (κ1) is 21.5. The van der Waals surface area contributed by atoms with Crippen LogP contribution in [-0.2, 0) is 20.9 Å². The molecule has 2 heterocycles. The number of hydrazine groups is 1. The number of nitrogens with zero attached hydrogens (tertiary/aromatic N) is 4. The minimum atomic E-state index is -0.967. The molecule has 1 saturated heterocycles. The molecule has 1 aliphatic carbocycles. The van der Waals surface area contributed by atoms with Crippen molar-refractivity contribution in [2.75, 3.05) is 6.61 Å². The molecule has 11 heteroatoms. The summed E-state index contributed by atoms with van der Waals surface area (Å²) in [6.07, 6.45) is 4.10. The van der Waals surface area contributed by atoms with Crippen LogP contribution in [0.2, 0.25) is 0 Å². The lowest BCUT2D eigenvalue weighted by Gasteiger charge is -2.33. The number of esters is 1. The second-order valence-corrected chi connectivity index (χ2v) is 8.23. The number of hydrogen-bond donors (Lipinski definition) is 2. The fourth-order valence-corrected chi connectivity index (χ4v) is 3.92. The van der Waals surface area contributed by atoms with Crippen molar-refractivity contribution in [3.63, 3.8) is 0 Å². The lowest BCUT2D eigenvalue weighted by atomic mass is 9.77. The topological polar surface area (TPSA) is 136 Å². The lowest BCUT2D eigenvalue weighted by Crippen LogP contribution is -2.52. The van der Waals surface area contributed by atoms with Crippen molar-refractivity contribution in [3.8, 4) is 0 Å². The van der Waals surface area contributed by atoms with Gasteiger partial charge in [0.2, 0.25) is 0 Å². The van der Waals surface area contributed by atoms with Gasteiger partial charge >= 0.3 is 12.0 Å². The van der Waals surface area contributed by atoms with E-state index in [0.29, 0.717) is 30.3 Å². The van der Waals surface area contributed by atoms with Gasteiger partial charge < -0.3 is 10.1 Å². The maximum absolute atomic E-state index is 12.7. The third kappa shape index (κ3) is 4.46. The smallest absolute Gasteiger partial charge is 0.361 e. The highest BCUT2D eigenvalue weighted by Crippen LogP contribution is 2.35. The van der Waals surface area contributed by atoms with Crippen LogP contribution in [0.3, 0.4) is 0 Å². The van der Waals surface area contributed by atoms with E-state index in [1.165, 1.54) is 10.9 Å². The molecule has 4 amide bonds. The molecule has 1 aliphatic heterocycles. The Kier molecular flexibility index (Phi) is 5.89. The third-order valence-corrected chi connectivity index (χ3v) is 5.80. The molecule has 11 nitrogen and oxygen atoms in total. The van der Waals surface area contributed by atoms with Gasteiger partial charge in [-0.1, -0.05) is 42.5 Å². The maximum Gasteiger partial charge on any atom is 0.361 e. The summed E-state index contributed by atoms with van der Waals surface area (Å²) < 4.78 is 6.42. The molecule has 1 saturated carbocycles. The molecule has 2 N–H and O–H groups in total. The molecule has 0 unspecified atom stereocenters. The number of ether oxygens (including phenoxy) is 1. The molecule has 32 heavy (non-hydrogen) atoms. The number of rotatable bonds is 6. The number of benzene rings is 1. The van der Waals surface area contributed by atoms with Gasteiger partial charge in [0.15, 0.2) is 12.3 Å². The van der Waals surface area contributed by atoms with Gasteiger partial charge in [0.25, 0.3) is 11.8 Å². The van der Waals surface area contributed by atoms with E-state index in [4.69, 9.17) is 4.74 Å². The number of imide groups is 1. The zero-order chi connectivity index (χ0) is 22.7. The van der Waals surface area contributed by atoms with Crippen LogP contribution in [0.15, 0.2) is 36.5 Å². The minimum absolute atomic E-state index is 0.0565. The van der Waals surface area contributed by atoms with Gasteiger partial charge in [-0.2, -0.15) is 5.01 Å². The lowest BCUT2D eigenvalue weighted by molar-refractivity contribution is -0.141. The predicted molar refractivity (Wildman–Crippen MR) is 110 cm³/mol. The van der Waals surface area contributed by atoms with Crippen LogP contribution in [0.5, 0.6) is 0 Å². The Balaban J connectivity index is 1.28. The van der Waals surface area contributed by atoms with Crippen LogP contribution >= 0.6 is 0 Å². The molecular formula is C21H24N6O5. The molecule has 1 aromatic carbocycles. The van der Waals surface area contributed by atoms with Crippen molar-refractivity contribution in [2.24, 2.45) is 5.92 Å². The van der Waals surface area contributed by atoms with Crippen molar-refractivity contribution in [3.05, 3.63) is 47.8 Å². The second kappa shape index (κ2) is 8.77. The molecule has 0 atom stereocenters. The summed E-state index contributed by atoms with van der Waals surface area (Å²) in [4.78, 5) is 49.4. The number of carbonyl (C=O) groups is 4. The van der Waals surface area contributed by atoms with Gasteiger partial charge in [-0.25, -0.2) is 14.3 Å². The van der Waals surface area contributed by atoms with E-state index in [1.807, 2.05) is 30.3 Å². The average Bonchev–Trinajstić information content (AvgIpc) is 3.34. The average molecular weight is 440 g/mol. The van der Waals surface area contributed by atoms with Crippen LogP contribution in [0.4, 0.5) is 4.79 Å². The Labute approximate surface area is 184 Å². The molecule has 1 aromatic heterocycles. The summed E-state index contributed by atoms with van der Waals surface area (Å²) in [5.41, 5.74) is 2.18. The first-order chi connectivity index (χ1) is 15.4. The SMILES string of the molecule is CC1CCC2(CC1)NC(=O)N(NC(=O)COC(=O)c1cn(Cc3ccccc3)nn1)C2=O. The minimum Gasteiger partial charge on any atom is -0.451 e. The standard InChI is InChI=1S/C21H24N6O5/c1-14-7-9-21(10-8-14)19(30)27(20(31)22-21)24-17(28)13-32-18(29)16-12-26(25-23-16)11-15-5-3-2-4-6-15/h2-6,12,14H,7-11,13H2,1H3,(H,22,31)(H,24,28). The molecular weight excluding hydrogens is 416 g/mol. The van der Waals surface area contributed by atoms with Crippen LogP contribution < -0.4 is 10.7 Å². The third-order valence-electron chi connectivity index (χ3n) is 5.80. The zero-order valence-electron chi connectivity index (χ0n) is 17.6. The van der Waals surface area contributed by atoms with Crippen LogP contribution in [-0.4, -0.2) is 56.0 Å². The van der Waals surface area contributed by atoms with E-state index in [9.17, 15) is 19.2 Å². The maximum atomic E-state index is 12.7. The Hall–Kier alpha value is -3.76. The molecule has 0 bridgehead atoms. The van der Waals surface area contributed by atoms with E-state index in [1.54, 1.807) is 0 Å².